The first-order chi connectivity index (χ1) is 10.7. The number of hydrogen-bond donors (Lipinski definition) is 1. The van der Waals surface area contributed by atoms with Gasteiger partial charge in [-0.1, -0.05) is 54.1 Å². The van der Waals surface area contributed by atoms with Crippen molar-refractivity contribution in [2.24, 2.45) is 0 Å². The molecular formula is C19H17N3. The van der Waals surface area contributed by atoms with Gasteiger partial charge >= 0.3 is 0 Å². The Kier molecular flexibility index (Phi) is 2.93. The normalized spacial score (nSPS) is 12.6. The lowest BCUT2D eigenvalue weighted by atomic mass is 9.87. The summed E-state index contributed by atoms with van der Waals surface area (Å²) >= 11 is 0. The van der Waals surface area contributed by atoms with Gasteiger partial charge < -0.3 is 5.73 Å². The summed E-state index contributed by atoms with van der Waals surface area (Å²) < 4.78 is 0. The number of hydrogen-bond acceptors (Lipinski definition) is 3. The second kappa shape index (κ2) is 4.95. The lowest BCUT2D eigenvalue weighted by molar-refractivity contribution is 0.917. The number of nitrogen functional groups attached to an aromatic ring is 1. The van der Waals surface area contributed by atoms with E-state index < -0.39 is 0 Å². The molecule has 2 aromatic carbocycles. The molecule has 4 rings (SSSR count). The molecule has 1 aliphatic rings. The molecule has 0 saturated heterocycles. The van der Waals surface area contributed by atoms with Gasteiger partial charge in [0, 0.05) is 16.7 Å². The van der Waals surface area contributed by atoms with Gasteiger partial charge in [-0.05, 0) is 25.3 Å². The molecule has 108 valence electrons. The summed E-state index contributed by atoms with van der Waals surface area (Å²) in [4.78, 5) is 9.05. The highest BCUT2D eigenvalue weighted by Crippen LogP contribution is 2.37. The van der Waals surface area contributed by atoms with Crippen LogP contribution < -0.4 is 5.73 Å². The Morgan fingerprint density at radius 2 is 1.59 bits per heavy atom. The molecule has 3 nitrogen and oxygen atoms in total. The summed E-state index contributed by atoms with van der Waals surface area (Å²) in [5, 5.41) is 0. The van der Waals surface area contributed by atoms with Gasteiger partial charge in [0.15, 0.2) is 0 Å². The number of nitrogens with two attached hydrogens (primary N) is 1. The van der Waals surface area contributed by atoms with Crippen LogP contribution in [-0.4, -0.2) is 9.97 Å². The van der Waals surface area contributed by atoms with Gasteiger partial charge in [0.2, 0.25) is 5.95 Å². The fourth-order valence-electron chi connectivity index (χ4n) is 3.14. The van der Waals surface area contributed by atoms with E-state index in [1.165, 1.54) is 22.3 Å². The number of nitrogens with zero attached hydrogens (tertiary/aromatic N) is 2. The van der Waals surface area contributed by atoms with Crippen LogP contribution in [0, 0.1) is 6.92 Å². The first kappa shape index (κ1) is 13.0. The summed E-state index contributed by atoms with van der Waals surface area (Å²) in [6.07, 6.45) is 1.98. The number of fused-ring (bicyclic) bond motifs is 3. The van der Waals surface area contributed by atoms with Gasteiger partial charge in [0.05, 0.1) is 11.4 Å². The van der Waals surface area contributed by atoms with Gasteiger partial charge in [-0.25, -0.2) is 9.97 Å². The molecule has 3 aromatic rings. The fourth-order valence-corrected chi connectivity index (χ4v) is 3.14. The van der Waals surface area contributed by atoms with Crippen molar-refractivity contribution >= 4 is 5.95 Å². The van der Waals surface area contributed by atoms with Crippen LogP contribution in [0.4, 0.5) is 5.95 Å². The zero-order valence-electron chi connectivity index (χ0n) is 12.5. The second-order valence-electron chi connectivity index (χ2n) is 5.78. The zero-order valence-corrected chi connectivity index (χ0v) is 12.5. The van der Waals surface area contributed by atoms with E-state index in [1.807, 2.05) is 0 Å². The smallest absolute Gasteiger partial charge is 0.221 e. The first-order valence-corrected chi connectivity index (χ1v) is 7.54. The topological polar surface area (TPSA) is 51.8 Å². The third-order valence-electron chi connectivity index (χ3n) is 4.27. The molecule has 0 spiro atoms. The van der Waals surface area contributed by atoms with Gasteiger partial charge in [0.25, 0.3) is 0 Å². The minimum atomic E-state index is 0.339. The van der Waals surface area contributed by atoms with E-state index in [2.05, 4.69) is 65.4 Å². The van der Waals surface area contributed by atoms with Crippen molar-refractivity contribution in [3.05, 3.63) is 65.2 Å². The maximum absolute atomic E-state index is 5.98. The molecule has 0 fully saturated rings. The zero-order chi connectivity index (χ0) is 15.1. The van der Waals surface area contributed by atoms with Crippen LogP contribution >= 0.6 is 0 Å². The summed E-state index contributed by atoms with van der Waals surface area (Å²) in [7, 11) is 0. The first-order valence-electron chi connectivity index (χ1n) is 7.54. The Bertz CT molecular complexity index is 851. The van der Waals surface area contributed by atoms with Crippen LogP contribution in [0.2, 0.25) is 0 Å². The average Bonchev–Trinajstić information content (AvgIpc) is 2.55. The second-order valence-corrected chi connectivity index (χ2v) is 5.78. The molecule has 0 amide bonds. The van der Waals surface area contributed by atoms with Crippen LogP contribution in [-0.2, 0) is 12.8 Å². The van der Waals surface area contributed by atoms with E-state index in [9.17, 15) is 0 Å². The Hall–Kier alpha value is -2.68. The van der Waals surface area contributed by atoms with E-state index in [1.54, 1.807) is 0 Å². The van der Waals surface area contributed by atoms with Crippen LogP contribution in [0.1, 0.15) is 16.7 Å². The van der Waals surface area contributed by atoms with Crippen molar-refractivity contribution in [3.8, 4) is 22.5 Å². The van der Waals surface area contributed by atoms with E-state index in [0.717, 1.165) is 29.8 Å². The molecule has 0 atom stereocenters. The summed E-state index contributed by atoms with van der Waals surface area (Å²) in [5.41, 5.74) is 14.0. The number of aromatic nitrogens is 2. The van der Waals surface area contributed by atoms with Crippen LogP contribution in [0.3, 0.4) is 0 Å². The molecule has 0 unspecified atom stereocenters. The standard InChI is InChI=1S/C19H17N3/c1-12-6-8-14(9-7-12)17-16-11-10-13-4-2-3-5-15(13)18(16)22-19(20)21-17/h2-9H,10-11H2,1H3,(H2,20,21,22). The molecule has 0 bridgehead atoms. The largest absolute Gasteiger partial charge is 0.368 e. The highest BCUT2D eigenvalue weighted by molar-refractivity contribution is 5.78. The maximum Gasteiger partial charge on any atom is 0.221 e. The molecule has 2 N–H and O–H groups in total. The van der Waals surface area contributed by atoms with Crippen molar-refractivity contribution in [1.29, 1.82) is 0 Å². The predicted molar refractivity (Wildman–Crippen MR) is 89.5 cm³/mol. The van der Waals surface area contributed by atoms with Crippen molar-refractivity contribution in [1.82, 2.24) is 9.97 Å². The van der Waals surface area contributed by atoms with Crippen LogP contribution in [0.15, 0.2) is 48.5 Å². The monoisotopic (exact) mass is 287 g/mol. The number of aryl methyl sites for hydroxylation is 2. The van der Waals surface area contributed by atoms with Gasteiger partial charge in [-0.15, -0.1) is 0 Å². The molecule has 1 aromatic heterocycles. The third-order valence-corrected chi connectivity index (χ3v) is 4.27. The molecule has 1 aliphatic carbocycles. The molecule has 1 heterocycles. The van der Waals surface area contributed by atoms with Crippen molar-refractivity contribution in [3.63, 3.8) is 0 Å². The highest BCUT2D eigenvalue weighted by Gasteiger charge is 2.22. The Labute approximate surface area is 129 Å². The van der Waals surface area contributed by atoms with Crippen molar-refractivity contribution < 1.29 is 0 Å². The summed E-state index contributed by atoms with van der Waals surface area (Å²) in [6, 6.07) is 16.9. The lowest BCUT2D eigenvalue weighted by Crippen LogP contribution is -2.11. The van der Waals surface area contributed by atoms with E-state index >= 15 is 0 Å². The van der Waals surface area contributed by atoms with Gasteiger partial charge in [0.1, 0.15) is 0 Å². The van der Waals surface area contributed by atoms with Crippen molar-refractivity contribution in [2.45, 2.75) is 19.8 Å². The Balaban J connectivity index is 1.96. The van der Waals surface area contributed by atoms with Crippen LogP contribution in [0.25, 0.3) is 22.5 Å². The number of anilines is 1. The summed E-state index contributed by atoms with van der Waals surface area (Å²) in [5.74, 6) is 0.339. The molecule has 3 heteroatoms. The maximum atomic E-state index is 5.98. The highest BCUT2D eigenvalue weighted by atomic mass is 15.0. The molecule has 0 saturated carbocycles. The van der Waals surface area contributed by atoms with Gasteiger partial charge in [-0.2, -0.15) is 0 Å². The number of rotatable bonds is 1. The Morgan fingerprint density at radius 3 is 2.41 bits per heavy atom. The molecular weight excluding hydrogens is 270 g/mol. The third kappa shape index (κ3) is 2.06. The van der Waals surface area contributed by atoms with E-state index in [-0.39, 0.29) is 0 Å². The quantitative estimate of drug-likeness (QED) is 0.740. The average molecular weight is 287 g/mol. The lowest BCUT2D eigenvalue weighted by Gasteiger charge is -2.21. The molecule has 22 heavy (non-hydrogen) atoms. The Morgan fingerprint density at radius 1 is 0.864 bits per heavy atom. The van der Waals surface area contributed by atoms with E-state index in [4.69, 9.17) is 5.73 Å². The molecule has 0 aliphatic heterocycles. The minimum Gasteiger partial charge on any atom is -0.368 e. The van der Waals surface area contributed by atoms with Crippen LogP contribution in [0.5, 0.6) is 0 Å². The number of benzene rings is 2. The SMILES string of the molecule is Cc1ccc(-c2nc(N)nc3c2CCc2ccccc2-3)cc1. The van der Waals surface area contributed by atoms with Gasteiger partial charge in [-0.3, -0.25) is 0 Å². The fraction of sp³-hybridized carbons (Fsp3) is 0.158. The summed E-state index contributed by atoms with van der Waals surface area (Å²) in [6.45, 7) is 2.09. The molecule has 0 radical (unpaired) electrons. The van der Waals surface area contributed by atoms with E-state index in [0.29, 0.717) is 5.95 Å². The predicted octanol–water partition coefficient (Wildman–Crippen LogP) is 3.80. The minimum absolute atomic E-state index is 0.339. The van der Waals surface area contributed by atoms with Crippen molar-refractivity contribution in [2.75, 3.05) is 5.73 Å².